The molecule has 0 aliphatic rings. The second-order valence-electron chi connectivity index (χ2n) is 5.81. The molecule has 1 aromatic carbocycles. The van der Waals surface area contributed by atoms with Crippen LogP contribution in [0.25, 0.3) is 11.1 Å². The third kappa shape index (κ3) is 3.55. The topological polar surface area (TPSA) is 70.3 Å². The number of methoxy groups -OCH3 is 1. The summed E-state index contributed by atoms with van der Waals surface area (Å²) in [6.45, 7) is 4.24. The molecular formula is C20H21N3O2. The fourth-order valence-electron chi connectivity index (χ4n) is 2.72. The summed E-state index contributed by atoms with van der Waals surface area (Å²) < 4.78 is 11.3. The van der Waals surface area contributed by atoms with E-state index in [1.54, 1.807) is 19.5 Å². The number of aromatic nitrogens is 2. The second kappa shape index (κ2) is 7.21. The van der Waals surface area contributed by atoms with Gasteiger partial charge in [0.05, 0.1) is 12.8 Å². The minimum atomic E-state index is 0.298. The van der Waals surface area contributed by atoms with E-state index < -0.39 is 0 Å². The Morgan fingerprint density at radius 2 is 1.76 bits per heavy atom. The maximum absolute atomic E-state index is 5.97. The van der Waals surface area contributed by atoms with Crippen molar-refractivity contribution in [2.45, 2.75) is 20.5 Å². The molecule has 0 aliphatic carbocycles. The molecule has 0 bridgehead atoms. The predicted octanol–water partition coefficient (Wildman–Crippen LogP) is 3.93. The van der Waals surface area contributed by atoms with Gasteiger partial charge >= 0.3 is 0 Å². The van der Waals surface area contributed by atoms with Crippen molar-refractivity contribution >= 4 is 5.82 Å². The highest BCUT2D eigenvalue weighted by atomic mass is 16.5. The van der Waals surface area contributed by atoms with E-state index in [4.69, 9.17) is 15.2 Å². The van der Waals surface area contributed by atoms with Gasteiger partial charge < -0.3 is 15.2 Å². The third-order valence-corrected chi connectivity index (χ3v) is 4.10. The third-order valence-electron chi connectivity index (χ3n) is 4.10. The largest absolute Gasteiger partial charge is 0.496 e. The average molecular weight is 335 g/mol. The van der Waals surface area contributed by atoms with E-state index in [9.17, 15) is 0 Å². The Hall–Kier alpha value is -3.08. The van der Waals surface area contributed by atoms with Crippen LogP contribution in [0.3, 0.4) is 0 Å². The fourth-order valence-corrected chi connectivity index (χ4v) is 2.72. The van der Waals surface area contributed by atoms with Crippen molar-refractivity contribution in [2.24, 2.45) is 0 Å². The summed E-state index contributed by atoms with van der Waals surface area (Å²) in [5.41, 5.74) is 10.8. The zero-order valence-corrected chi connectivity index (χ0v) is 14.6. The Bertz CT molecular complexity index is 880. The molecule has 25 heavy (non-hydrogen) atoms. The van der Waals surface area contributed by atoms with Crippen LogP contribution in [0.5, 0.6) is 11.5 Å². The molecule has 2 N–H and O–H groups in total. The Kier molecular flexibility index (Phi) is 4.84. The van der Waals surface area contributed by atoms with Gasteiger partial charge in [-0.25, -0.2) is 4.98 Å². The Morgan fingerprint density at radius 3 is 2.48 bits per heavy atom. The van der Waals surface area contributed by atoms with Gasteiger partial charge in [-0.3, -0.25) is 4.98 Å². The number of pyridine rings is 2. The van der Waals surface area contributed by atoms with Crippen molar-refractivity contribution in [1.82, 2.24) is 9.97 Å². The quantitative estimate of drug-likeness (QED) is 0.765. The van der Waals surface area contributed by atoms with Gasteiger partial charge in [0.2, 0.25) is 0 Å². The molecule has 2 heterocycles. The van der Waals surface area contributed by atoms with Crippen LogP contribution in [-0.4, -0.2) is 17.1 Å². The number of hydrogen-bond acceptors (Lipinski definition) is 5. The molecule has 0 amide bonds. The standard InChI is InChI=1S/C20H21N3O2/c1-13-10-22-17(14(2)19(13)24-3)12-25-18-9-16(11-23-20(18)21)15-7-5-4-6-8-15/h4-11H,12H2,1-3H3,(H2,21,23). The Labute approximate surface area is 147 Å². The van der Waals surface area contributed by atoms with Crippen molar-refractivity contribution in [3.05, 3.63) is 65.6 Å². The molecule has 128 valence electrons. The molecule has 3 rings (SSSR count). The highest BCUT2D eigenvalue weighted by molar-refractivity contribution is 5.66. The number of hydrogen-bond donors (Lipinski definition) is 1. The van der Waals surface area contributed by atoms with Crippen molar-refractivity contribution in [3.63, 3.8) is 0 Å². The zero-order valence-electron chi connectivity index (χ0n) is 14.6. The first-order valence-corrected chi connectivity index (χ1v) is 8.03. The molecule has 0 radical (unpaired) electrons. The fraction of sp³-hybridized carbons (Fsp3) is 0.200. The number of benzene rings is 1. The predicted molar refractivity (Wildman–Crippen MR) is 98.7 cm³/mol. The summed E-state index contributed by atoms with van der Waals surface area (Å²) in [7, 11) is 1.66. The van der Waals surface area contributed by atoms with E-state index in [1.165, 1.54) is 0 Å². The average Bonchev–Trinajstić information content (AvgIpc) is 2.63. The lowest BCUT2D eigenvalue weighted by Crippen LogP contribution is -2.06. The molecule has 0 saturated heterocycles. The summed E-state index contributed by atoms with van der Waals surface area (Å²) in [5.74, 6) is 1.73. The first kappa shape index (κ1) is 16.8. The van der Waals surface area contributed by atoms with E-state index in [0.29, 0.717) is 18.2 Å². The van der Waals surface area contributed by atoms with Gasteiger partial charge in [0.1, 0.15) is 12.4 Å². The normalized spacial score (nSPS) is 10.5. The first-order valence-electron chi connectivity index (χ1n) is 8.03. The van der Waals surface area contributed by atoms with Crippen molar-refractivity contribution in [2.75, 3.05) is 12.8 Å². The van der Waals surface area contributed by atoms with Gasteiger partial charge in [0, 0.05) is 29.1 Å². The van der Waals surface area contributed by atoms with Gasteiger partial charge in [-0.15, -0.1) is 0 Å². The maximum atomic E-state index is 5.97. The molecule has 0 fully saturated rings. The minimum Gasteiger partial charge on any atom is -0.496 e. The number of anilines is 1. The van der Waals surface area contributed by atoms with Gasteiger partial charge in [-0.05, 0) is 25.5 Å². The second-order valence-corrected chi connectivity index (χ2v) is 5.81. The molecular weight excluding hydrogens is 314 g/mol. The van der Waals surface area contributed by atoms with Crippen LogP contribution in [0.1, 0.15) is 16.8 Å². The highest BCUT2D eigenvalue weighted by Gasteiger charge is 2.12. The van der Waals surface area contributed by atoms with E-state index in [-0.39, 0.29) is 0 Å². The van der Waals surface area contributed by atoms with Gasteiger partial charge in [0.25, 0.3) is 0 Å². The molecule has 0 spiro atoms. The SMILES string of the molecule is COc1c(C)cnc(COc2cc(-c3ccccc3)cnc2N)c1C. The number of ether oxygens (including phenoxy) is 2. The number of nitrogen functional groups attached to an aromatic ring is 1. The van der Waals surface area contributed by atoms with Crippen LogP contribution in [0, 0.1) is 13.8 Å². The number of aryl methyl sites for hydroxylation is 1. The lowest BCUT2D eigenvalue weighted by atomic mass is 10.1. The van der Waals surface area contributed by atoms with Crippen LogP contribution in [-0.2, 0) is 6.61 Å². The van der Waals surface area contributed by atoms with E-state index in [2.05, 4.69) is 9.97 Å². The first-order chi connectivity index (χ1) is 12.1. The van der Waals surface area contributed by atoms with Crippen molar-refractivity contribution in [1.29, 1.82) is 0 Å². The van der Waals surface area contributed by atoms with Crippen molar-refractivity contribution < 1.29 is 9.47 Å². The summed E-state index contributed by atoms with van der Waals surface area (Å²) in [6.07, 6.45) is 3.53. The summed E-state index contributed by atoms with van der Waals surface area (Å²) in [4.78, 5) is 8.69. The van der Waals surface area contributed by atoms with Crippen LogP contribution in [0.15, 0.2) is 48.8 Å². The maximum Gasteiger partial charge on any atom is 0.166 e. The van der Waals surface area contributed by atoms with Crippen molar-refractivity contribution in [3.8, 4) is 22.6 Å². The molecule has 5 nitrogen and oxygen atoms in total. The smallest absolute Gasteiger partial charge is 0.166 e. The number of nitrogens with zero attached hydrogens (tertiary/aromatic N) is 2. The molecule has 0 atom stereocenters. The van der Waals surface area contributed by atoms with Crippen LogP contribution in [0.4, 0.5) is 5.82 Å². The lowest BCUT2D eigenvalue weighted by molar-refractivity contribution is 0.299. The van der Waals surface area contributed by atoms with Crippen LogP contribution < -0.4 is 15.2 Å². The molecule has 0 unspecified atom stereocenters. The van der Waals surface area contributed by atoms with Crippen LogP contribution >= 0.6 is 0 Å². The lowest BCUT2D eigenvalue weighted by Gasteiger charge is -2.14. The van der Waals surface area contributed by atoms with Gasteiger partial charge in [-0.2, -0.15) is 0 Å². The Balaban J connectivity index is 1.84. The van der Waals surface area contributed by atoms with Gasteiger partial charge in [0.15, 0.2) is 11.6 Å². The Morgan fingerprint density at radius 1 is 1.00 bits per heavy atom. The van der Waals surface area contributed by atoms with Crippen LogP contribution in [0.2, 0.25) is 0 Å². The summed E-state index contributed by atoms with van der Waals surface area (Å²) in [5, 5.41) is 0. The number of nitrogens with two attached hydrogens (primary N) is 1. The molecule has 3 aromatic rings. The van der Waals surface area contributed by atoms with E-state index in [0.717, 1.165) is 33.7 Å². The van der Waals surface area contributed by atoms with Gasteiger partial charge in [-0.1, -0.05) is 30.3 Å². The monoisotopic (exact) mass is 335 g/mol. The minimum absolute atomic E-state index is 0.298. The molecule has 5 heteroatoms. The molecule has 0 aliphatic heterocycles. The number of rotatable bonds is 5. The van der Waals surface area contributed by atoms with E-state index in [1.807, 2.05) is 50.2 Å². The molecule has 0 saturated carbocycles. The van der Waals surface area contributed by atoms with E-state index >= 15 is 0 Å². The highest BCUT2D eigenvalue weighted by Crippen LogP contribution is 2.29. The summed E-state index contributed by atoms with van der Waals surface area (Å²) in [6, 6.07) is 11.9. The summed E-state index contributed by atoms with van der Waals surface area (Å²) >= 11 is 0. The zero-order chi connectivity index (χ0) is 17.8. The molecule has 2 aromatic heterocycles.